The highest BCUT2D eigenvalue weighted by atomic mass is 79.9. The van der Waals surface area contributed by atoms with E-state index in [1.165, 1.54) is 23.3 Å². The molecule has 0 saturated heterocycles. The minimum atomic E-state index is -0.216. The summed E-state index contributed by atoms with van der Waals surface area (Å²) in [6, 6.07) is 8.35. The lowest BCUT2D eigenvalue weighted by molar-refractivity contribution is -0.123. The molecule has 3 rings (SSSR count). The molecule has 1 N–H and O–H groups in total. The zero-order valence-electron chi connectivity index (χ0n) is 12.3. The van der Waals surface area contributed by atoms with E-state index in [4.69, 9.17) is 0 Å². The predicted molar refractivity (Wildman–Crippen MR) is 92.9 cm³/mol. The molecule has 0 unspecified atom stereocenters. The molecular formula is C17H19BrN2OS. The van der Waals surface area contributed by atoms with Gasteiger partial charge in [-0.25, -0.2) is 4.98 Å². The van der Waals surface area contributed by atoms with E-state index in [2.05, 4.69) is 50.5 Å². The van der Waals surface area contributed by atoms with E-state index in [1.54, 1.807) is 5.51 Å². The van der Waals surface area contributed by atoms with Gasteiger partial charge in [-0.3, -0.25) is 4.79 Å². The van der Waals surface area contributed by atoms with Crippen LogP contribution in [0.4, 0.5) is 0 Å². The monoisotopic (exact) mass is 378 g/mol. The van der Waals surface area contributed by atoms with Crippen molar-refractivity contribution in [3.63, 3.8) is 0 Å². The standard InChI is InChI=1S/C17H19BrN2OS/c18-14-6-4-13(5-7-14)17(8-2-1-3-9-17)20-16(21)10-15-11-22-12-19-15/h4-7,11-12H,1-3,8-10H2,(H,20,21). The Kier molecular flexibility index (Phi) is 4.93. The van der Waals surface area contributed by atoms with E-state index in [0.29, 0.717) is 6.42 Å². The number of benzene rings is 1. The first-order valence-electron chi connectivity index (χ1n) is 7.62. The van der Waals surface area contributed by atoms with Gasteiger partial charge in [0.1, 0.15) is 0 Å². The summed E-state index contributed by atoms with van der Waals surface area (Å²) in [5.41, 5.74) is 3.62. The Morgan fingerprint density at radius 2 is 1.95 bits per heavy atom. The zero-order valence-corrected chi connectivity index (χ0v) is 14.8. The summed E-state index contributed by atoms with van der Waals surface area (Å²) < 4.78 is 1.07. The lowest BCUT2D eigenvalue weighted by Gasteiger charge is -2.39. The molecule has 1 saturated carbocycles. The van der Waals surface area contributed by atoms with Gasteiger partial charge in [0.05, 0.1) is 23.2 Å². The van der Waals surface area contributed by atoms with E-state index in [0.717, 1.165) is 35.8 Å². The van der Waals surface area contributed by atoms with Crippen LogP contribution >= 0.6 is 27.3 Å². The molecule has 1 aliphatic carbocycles. The number of nitrogens with one attached hydrogen (secondary N) is 1. The van der Waals surface area contributed by atoms with Gasteiger partial charge in [-0.05, 0) is 30.5 Å². The van der Waals surface area contributed by atoms with E-state index >= 15 is 0 Å². The second kappa shape index (κ2) is 6.92. The minimum Gasteiger partial charge on any atom is -0.346 e. The zero-order chi connectivity index (χ0) is 15.4. The number of hydrogen-bond donors (Lipinski definition) is 1. The summed E-state index contributed by atoms with van der Waals surface area (Å²) >= 11 is 5.01. The molecule has 0 spiro atoms. The van der Waals surface area contributed by atoms with Crippen molar-refractivity contribution < 1.29 is 4.79 Å². The van der Waals surface area contributed by atoms with E-state index < -0.39 is 0 Å². The lowest BCUT2D eigenvalue weighted by atomic mass is 9.76. The number of thiazole rings is 1. The molecule has 1 fully saturated rings. The molecule has 1 amide bonds. The van der Waals surface area contributed by atoms with Crippen LogP contribution in [0.1, 0.15) is 43.4 Å². The maximum Gasteiger partial charge on any atom is 0.226 e. The van der Waals surface area contributed by atoms with Gasteiger partial charge in [0.2, 0.25) is 5.91 Å². The highest BCUT2D eigenvalue weighted by Gasteiger charge is 2.35. The number of carbonyl (C=O) groups is 1. The third-order valence-electron chi connectivity index (χ3n) is 4.31. The Labute approximate surface area is 143 Å². The van der Waals surface area contributed by atoms with Crippen LogP contribution in [0.2, 0.25) is 0 Å². The maximum absolute atomic E-state index is 12.5. The average Bonchev–Trinajstić information content (AvgIpc) is 3.01. The molecule has 3 nitrogen and oxygen atoms in total. The van der Waals surface area contributed by atoms with Gasteiger partial charge in [-0.1, -0.05) is 47.3 Å². The quantitative estimate of drug-likeness (QED) is 0.854. The number of aromatic nitrogens is 1. The van der Waals surface area contributed by atoms with Crippen LogP contribution in [0.5, 0.6) is 0 Å². The van der Waals surface area contributed by atoms with Gasteiger partial charge < -0.3 is 5.32 Å². The van der Waals surface area contributed by atoms with E-state index in [9.17, 15) is 4.79 Å². The van der Waals surface area contributed by atoms with Crippen LogP contribution in [0.15, 0.2) is 39.6 Å². The summed E-state index contributed by atoms with van der Waals surface area (Å²) in [5, 5.41) is 5.25. The van der Waals surface area contributed by atoms with Gasteiger partial charge in [0.15, 0.2) is 0 Å². The van der Waals surface area contributed by atoms with E-state index in [-0.39, 0.29) is 11.4 Å². The molecule has 5 heteroatoms. The average molecular weight is 379 g/mol. The summed E-state index contributed by atoms with van der Waals surface area (Å²) in [6.07, 6.45) is 5.96. The van der Waals surface area contributed by atoms with Gasteiger partial charge >= 0.3 is 0 Å². The van der Waals surface area contributed by atoms with Crippen LogP contribution in [0.3, 0.4) is 0 Å². The molecule has 0 aliphatic heterocycles. The SMILES string of the molecule is O=C(Cc1cscn1)NC1(c2ccc(Br)cc2)CCCCC1. The number of rotatable bonds is 4. The highest BCUT2D eigenvalue weighted by Crippen LogP contribution is 2.37. The molecule has 22 heavy (non-hydrogen) atoms. The van der Waals surface area contributed by atoms with Crippen LogP contribution in [-0.2, 0) is 16.8 Å². The molecule has 2 aromatic rings. The van der Waals surface area contributed by atoms with Gasteiger partial charge in [-0.2, -0.15) is 0 Å². The van der Waals surface area contributed by atoms with E-state index in [1.807, 2.05) is 5.38 Å². The van der Waals surface area contributed by atoms with Crippen LogP contribution in [-0.4, -0.2) is 10.9 Å². The van der Waals surface area contributed by atoms with Gasteiger partial charge in [-0.15, -0.1) is 11.3 Å². The van der Waals surface area contributed by atoms with Crippen LogP contribution in [0, 0.1) is 0 Å². The van der Waals surface area contributed by atoms with Crippen molar-refractivity contribution in [2.24, 2.45) is 0 Å². The summed E-state index contributed by atoms with van der Waals surface area (Å²) in [6.45, 7) is 0. The molecule has 1 aliphatic rings. The largest absolute Gasteiger partial charge is 0.346 e. The van der Waals surface area contributed by atoms with Crippen molar-refractivity contribution in [3.05, 3.63) is 50.9 Å². The molecule has 1 heterocycles. The van der Waals surface area contributed by atoms with Crippen molar-refractivity contribution in [1.29, 1.82) is 0 Å². The van der Waals surface area contributed by atoms with Crippen LogP contribution in [0.25, 0.3) is 0 Å². The van der Waals surface area contributed by atoms with Crippen molar-refractivity contribution in [3.8, 4) is 0 Å². The van der Waals surface area contributed by atoms with Crippen LogP contribution < -0.4 is 5.32 Å². The fraction of sp³-hybridized carbons (Fsp3) is 0.412. The Morgan fingerprint density at radius 3 is 2.59 bits per heavy atom. The number of hydrogen-bond acceptors (Lipinski definition) is 3. The topological polar surface area (TPSA) is 42.0 Å². The summed E-state index contributed by atoms with van der Waals surface area (Å²) in [7, 11) is 0. The van der Waals surface area contributed by atoms with Gasteiger partial charge in [0, 0.05) is 9.85 Å². The molecule has 1 aromatic carbocycles. The molecular weight excluding hydrogens is 360 g/mol. The molecule has 116 valence electrons. The minimum absolute atomic E-state index is 0.0655. The number of nitrogens with zero attached hydrogens (tertiary/aromatic N) is 1. The van der Waals surface area contributed by atoms with Crippen molar-refractivity contribution in [2.45, 2.75) is 44.1 Å². The Balaban J connectivity index is 1.79. The number of carbonyl (C=O) groups excluding carboxylic acids is 1. The summed E-state index contributed by atoms with van der Waals surface area (Å²) in [4.78, 5) is 16.7. The normalized spacial score (nSPS) is 17.1. The fourth-order valence-electron chi connectivity index (χ4n) is 3.21. The van der Waals surface area contributed by atoms with Gasteiger partial charge in [0.25, 0.3) is 0 Å². The number of halogens is 1. The first-order chi connectivity index (χ1) is 10.7. The summed E-state index contributed by atoms with van der Waals surface area (Å²) in [5.74, 6) is 0.0655. The van der Waals surface area contributed by atoms with Crippen molar-refractivity contribution in [1.82, 2.24) is 10.3 Å². The number of amides is 1. The Morgan fingerprint density at radius 1 is 1.23 bits per heavy atom. The first kappa shape index (κ1) is 15.7. The lowest BCUT2D eigenvalue weighted by Crippen LogP contribution is -2.47. The molecule has 0 atom stereocenters. The second-order valence-electron chi connectivity index (χ2n) is 5.85. The molecule has 1 aromatic heterocycles. The Bertz CT molecular complexity index is 619. The fourth-order valence-corrected chi connectivity index (χ4v) is 4.03. The Hall–Kier alpha value is -1.20. The third-order valence-corrected chi connectivity index (χ3v) is 5.47. The first-order valence-corrected chi connectivity index (χ1v) is 9.36. The maximum atomic E-state index is 12.5. The van der Waals surface area contributed by atoms with Crippen molar-refractivity contribution >= 4 is 33.2 Å². The highest BCUT2D eigenvalue weighted by molar-refractivity contribution is 9.10. The third kappa shape index (κ3) is 3.58. The predicted octanol–water partition coefficient (Wildman–Crippen LogP) is 4.42. The molecule has 0 radical (unpaired) electrons. The molecule has 0 bridgehead atoms. The smallest absolute Gasteiger partial charge is 0.226 e. The second-order valence-corrected chi connectivity index (χ2v) is 7.49. The van der Waals surface area contributed by atoms with Crippen molar-refractivity contribution in [2.75, 3.05) is 0 Å².